The van der Waals surface area contributed by atoms with Crippen LogP contribution in [0.4, 0.5) is 4.39 Å². The fourth-order valence-corrected chi connectivity index (χ4v) is 2.72. The molecule has 0 aliphatic carbocycles. The van der Waals surface area contributed by atoms with E-state index in [2.05, 4.69) is 16.8 Å². The first-order valence-electron chi connectivity index (χ1n) is 7.20. The highest BCUT2D eigenvalue weighted by Gasteiger charge is 2.19. The molecule has 0 unspecified atom stereocenters. The second-order valence-corrected chi connectivity index (χ2v) is 5.87. The molecule has 3 nitrogen and oxygen atoms in total. The van der Waals surface area contributed by atoms with Crippen molar-refractivity contribution in [1.29, 1.82) is 0 Å². The van der Waals surface area contributed by atoms with Gasteiger partial charge in [0.2, 0.25) is 0 Å². The number of piperidine rings is 1. The van der Waals surface area contributed by atoms with Crippen LogP contribution in [-0.2, 0) is 0 Å². The third-order valence-electron chi connectivity index (χ3n) is 3.99. The number of halogens is 1. The summed E-state index contributed by atoms with van der Waals surface area (Å²) in [6, 6.07) is 5.79. The van der Waals surface area contributed by atoms with Gasteiger partial charge in [0, 0.05) is 12.1 Å². The molecule has 0 aromatic heterocycles. The quantitative estimate of drug-likeness (QED) is 0.772. The largest absolute Gasteiger partial charge is 0.306 e. The first kappa shape index (κ1) is 15.1. The summed E-state index contributed by atoms with van der Waals surface area (Å²) < 4.78 is 12.8. The fraction of sp³-hybridized carbons (Fsp3) is 0.562. The highest BCUT2D eigenvalue weighted by molar-refractivity contribution is 5.97. The van der Waals surface area contributed by atoms with Gasteiger partial charge in [0.05, 0.1) is 6.54 Å². The number of hydrogen-bond donors (Lipinski definition) is 0. The number of ketones is 1. The molecule has 1 heterocycles. The van der Waals surface area contributed by atoms with Crippen LogP contribution in [0.1, 0.15) is 23.2 Å². The number of Topliss-reactive ketones (excluding diaryl/α,β-unsaturated/α-hetero) is 1. The van der Waals surface area contributed by atoms with Crippen LogP contribution in [0.15, 0.2) is 24.3 Å². The lowest BCUT2D eigenvalue weighted by Gasteiger charge is -2.31. The molecular weight excluding hydrogens is 255 g/mol. The van der Waals surface area contributed by atoms with E-state index in [1.165, 1.54) is 25.0 Å². The Labute approximate surface area is 120 Å². The zero-order valence-electron chi connectivity index (χ0n) is 12.3. The SMILES string of the molecule is CN1CCC(CN(C)CC(=O)c2ccc(F)cc2)CC1. The lowest BCUT2D eigenvalue weighted by atomic mass is 9.96. The van der Waals surface area contributed by atoms with Gasteiger partial charge in [-0.1, -0.05) is 0 Å². The molecule has 0 saturated carbocycles. The number of likely N-dealkylation sites (N-methyl/N-ethyl adjacent to an activating group) is 1. The van der Waals surface area contributed by atoms with Gasteiger partial charge in [0.1, 0.15) is 5.82 Å². The van der Waals surface area contributed by atoms with Crippen LogP contribution in [-0.4, -0.2) is 55.9 Å². The summed E-state index contributed by atoms with van der Waals surface area (Å²) in [5.74, 6) is 0.430. The smallest absolute Gasteiger partial charge is 0.176 e. The van der Waals surface area contributed by atoms with Gasteiger partial charge in [-0.15, -0.1) is 0 Å². The molecule has 1 aromatic rings. The zero-order chi connectivity index (χ0) is 14.5. The Morgan fingerprint density at radius 2 is 1.90 bits per heavy atom. The average molecular weight is 278 g/mol. The van der Waals surface area contributed by atoms with Crippen molar-refractivity contribution in [3.63, 3.8) is 0 Å². The Balaban J connectivity index is 1.80. The number of likely N-dealkylation sites (tertiary alicyclic amines) is 1. The van der Waals surface area contributed by atoms with Crippen molar-refractivity contribution in [1.82, 2.24) is 9.80 Å². The summed E-state index contributed by atoms with van der Waals surface area (Å²) in [6.07, 6.45) is 2.40. The van der Waals surface area contributed by atoms with E-state index in [1.54, 1.807) is 12.1 Å². The van der Waals surface area contributed by atoms with E-state index in [4.69, 9.17) is 0 Å². The molecule has 0 amide bonds. The van der Waals surface area contributed by atoms with Gasteiger partial charge >= 0.3 is 0 Å². The summed E-state index contributed by atoms with van der Waals surface area (Å²) in [4.78, 5) is 16.5. The molecule has 1 fully saturated rings. The van der Waals surface area contributed by atoms with Crippen molar-refractivity contribution < 1.29 is 9.18 Å². The molecule has 1 aliphatic rings. The summed E-state index contributed by atoms with van der Waals surface area (Å²) in [5, 5.41) is 0. The molecule has 1 saturated heterocycles. The van der Waals surface area contributed by atoms with Crippen LogP contribution < -0.4 is 0 Å². The predicted octanol–water partition coefficient (Wildman–Crippen LogP) is 2.28. The van der Waals surface area contributed by atoms with Crippen molar-refractivity contribution in [3.05, 3.63) is 35.6 Å². The van der Waals surface area contributed by atoms with Gasteiger partial charge in [-0.05, 0) is 70.2 Å². The molecule has 0 bridgehead atoms. The number of carbonyl (C=O) groups is 1. The second-order valence-electron chi connectivity index (χ2n) is 5.87. The van der Waals surface area contributed by atoms with Crippen LogP contribution >= 0.6 is 0 Å². The first-order chi connectivity index (χ1) is 9.54. The minimum absolute atomic E-state index is 0.0560. The Morgan fingerprint density at radius 3 is 2.50 bits per heavy atom. The van der Waals surface area contributed by atoms with Crippen molar-refractivity contribution in [2.45, 2.75) is 12.8 Å². The molecule has 0 radical (unpaired) electrons. The van der Waals surface area contributed by atoms with Crippen LogP contribution in [0.2, 0.25) is 0 Å². The van der Waals surface area contributed by atoms with E-state index in [-0.39, 0.29) is 11.6 Å². The number of carbonyl (C=O) groups excluding carboxylic acids is 1. The van der Waals surface area contributed by atoms with E-state index < -0.39 is 0 Å². The highest BCUT2D eigenvalue weighted by atomic mass is 19.1. The normalized spacial score (nSPS) is 17.6. The van der Waals surface area contributed by atoms with Gasteiger partial charge < -0.3 is 4.90 Å². The molecule has 110 valence electrons. The van der Waals surface area contributed by atoms with Crippen molar-refractivity contribution in [2.75, 3.05) is 40.3 Å². The fourth-order valence-electron chi connectivity index (χ4n) is 2.72. The predicted molar refractivity (Wildman–Crippen MR) is 78.4 cm³/mol. The molecule has 1 aromatic carbocycles. The van der Waals surface area contributed by atoms with E-state index in [0.717, 1.165) is 19.6 Å². The van der Waals surface area contributed by atoms with Gasteiger partial charge in [-0.2, -0.15) is 0 Å². The van der Waals surface area contributed by atoms with Crippen molar-refractivity contribution in [3.8, 4) is 0 Å². The molecule has 0 N–H and O–H groups in total. The summed E-state index contributed by atoms with van der Waals surface area (Å²) >= 11 is 0. The molecular formula is C16H23FN2O. The Kier molecular flexibility index (Phi) is 5.26. The van der Waals surface area contributed by atoms with Crippen LogP contribution in [0.3, 0.4) is 0 Å². The van der Waals surface area contributed by atoms with E-state index in [0.29, 0.717) is 18.0 Å². The monoisotopic (exact) mass is 278 g/mol. The van der Waals surface area contributed by atoms with Gasteiger partial charge in [0.25, 0.3) is 0 Å². The maximum Gasteiger partial charge on any atom is 0.176 e. The third kappa shape index (κ3) is 4.39. The Bertz CT molecular complexity index is 438. The maximum absolute atomic E-state index is 12.8. The first-order valence-corrected chi connectivity index (χ1v) is 7.20. The van der Waals surface area contributed by atoms with Crippen molar-refractivity contribution in [2.24, 2.45) is 5.92 Å². The Hall–Kier alpha value is -1.26. The summed E-state index contributed by atoms with van der Waals surface area (Å²) in [7, 11) is 4.14. The summed E-state index contributed by atoms with van der Waals surface area (Å²) in [5.41, 5.74) is 0.585. The number of rotatable bonds is 5. The van der Waals surface area contributed by atoms with Gasteiger partial charge in [-0.25, -0.2) is 4.39 Å². The van der Waals surface area contributed by atoms with Crippen molar-refractivity contribution >= 4 is 5.78 Å². The molecule has 2 rings (SSSR count). The van der Waals surface area contributed by atoms with Gasteiger partial charge in [-0.3, -0.25) is 9.69 Å². The third-order valence-corrected chi connectivity index (χ3v) is 3.99. The van der Waals surface area contributed by atoms with E-state index in [1.807, 2.05) is 7.05 Å². The molecule has 0 spiro atoms. The molecule has 0 atom stereocenters. The topological polar surface area (TPSA) is 23.6 Å². The average Bonchev–Trinajstić information content (AvgIpc) is 2.42. The lowest BCUT2D eigenvalue weighted by molar-refractivity contribution is 0.0924. The molecule has 1 aliphatic heterocycles. The van der Waals surface area contributed by atoms with Crippen LogP contribution in [0.25, 0.3) is 0 Å². The number of benzene rings is 1. The van der Waals surface area contributed by atoms with Gasteiger partial charge in [0.15, 0.2) is 5.78 Å². The van der Waals surface area contributed by atoms with E-state index in [9.17, 15) is 9.18 Å². The number of hydrogen-bond acceptors (Lipinski definition) is 3. The van der Waals surface area contributed by atoms with E-state index >= 15 is 0 Å². The number of nitrogens with zero attached hydrogens (tertiary/aromatic N) is 2. The second kappa shape index (κ2) is 6.95. The summed E-state index contributed by atoms with van der Waals surface area (Å²) in [6.45, 7) is 3.65. The minimum atomic E-state index is -0.304. The maximum atomic E-state index is 12.8. The van der Waals surface area contributed by atoms with Crippen LogP contribution in [0.5, 0.6) is 0 Å². The standard InChI is InChI=1S/C16H23FN2O/c1-18-9-7-13(8-10-18)11-19(2)12-16(20)14-3-5-15(17)6-4-14/h3-6,13H,7-12H2,1-2H3. The Morgan fingerprint density at radius 1 is 1.30 bits per heavy atom. The zero-order valence-corrected chi connectivity index (χ0v) is 12.3. The lowest BCUT2D eigenvalue weighted by Crippen LogP contribution is -2.37. The molecule has 4 heteroatoms. The highest BCUT2D eigenvalue weighted by Crippen LogP contribution is 2.17. The van der Waals surface area contributed by atoms with Crippen LogP contribution in [0, 0.1) is 11.7 Å². The molecule has 20 heavy (non-hydrogen) atoms. The minimum Gasteiger partial charge on any atom is -0.306 e.